The molecule has 2 atom stereocenters. The molecule has 1 aromatic rings. The van der Waals surface area contributed by atoms with Crippen LogP contribution in [0.5, 0.6) is 0 Å². The minimum atomic E-state index is -0.972. The second-order valence-electron chi connectivity index (χ2n) is 6.18. The van der Waals surface area contributed by atoms with Crippen molar-refractivity contribution in [3.8, 4) is 0 Å². The van der Waals surface area contributed by atoms with Gasteiger partial charge in [0, 0.05) is 30.8 Å². The van der Waals surface area contributed by atoms with Gasteiger partial charge in [-0.3, -0.25) is 0 Å². The van der Waals surface area contributed by atoms with Crippen molar-refractivity contribution in [3.63, 3.8) is 0 Å². The number of nitrogens with zero attached hydrogens (tertiary/aromatic N) is 1. The van der Waals surface area contributed by atoms with Crippen LogP contribution >= 0.6 is 11.6 Å². The van der Waals surface area contributed by atoms with Gasteiger partial charge in [0.2, 0.25) is 0 Å². The molecule has 6 heteroatoms. The first-order valence-electron chi connectivity index (χ1n) is 7.93. The van der Waals surface area contributed by atoms with Crippen molar-refractivity contribution >= 4 is 17.6 Å². The highest BCUT2D eigenvalue weighted by molar-refractivity contribution is 6.31. The van der Waals surface area contributed by atoms with E-state index in [-0.39, 0.29) is 18.2 Å². The van der Waals surface area contributed by atoms with E-state index in [1.165, 1.54) is 0 Å². The highest BCUT2D eigenvalue weighted by Gasteiger charge is 2.37. The number of rotatable bonds is 4. The Morgan fingerprint density at radius 1 is 1.35 bits per heavy atom. The molecule has 0 bridgehead atoms. The molecule has 0 aromatic heterocycles. The Morgan fingerprint density at radius 2 is 1.96 bits per heavy atom. The van der Waals surface area contributed by atoms with Gasteiger partial charge in [0.15, 0.2) is 0 Å². The van der Waals surface area contributed by atoms with E-state index >= 15 is 0 Å². The molecule has 0 spiro atoms. The smallest absolute Gasteiger partial charge is 0.317 e. The summed E-state index contributed by atoms with van der Waals surface area (Å²) in [5, 5.41) is 14.4. The predicted molar refractivity (Wildman–Crippen MR) is 90.6 cm³/mol. The van der Waals surface area contributed by atoms with Gasteiger partial charge in [-0.2, -0.15) is 0 Å². The van der Waals surface area contributed by atoms with Crippen LogP contribution in [-0.2, 0) is 10.3 Å². The molecule has 5 nitrogen and oxygen atoms in total. The number of halogens is 1. The summed E-state index contributed by atoms with van der Waals surface area (Å²) >= 11 is 6.20. The number of carbonyl (C=O) groups is 1. The largest absolute Gasteiger partial charge is 0.385 e. The summed E-state index contributed by atoms with van der Waals surface area (Å²) in [4.78, 5) is 14.0. The molecule has 2 amide bonds. The molecule has 0 unspecified atom stereocenters. The van der Waals surface area contributed by atoms with Crippen LogP contribution in [0, 0.1) is 0 Å². The van der Waals surface area contributed by atoms with E-state index in [9.17, 15) is 9.90 Å². The van der Waals surface area contributed by atoms with E-state index in [0.29, 0.717) is 31.0 Å². The maximum atomic E-state index is 12.3. The Labute approximate surface area is 142 Å². The van der Waals surface area contributed by atoms with Gasteiger partial charge in [0.25, 0.3) is 0 Å². The first kappa shape index (κ1) is 18.0. The Bertz CT molecular complexity index is 544. The molecule has 1 aliphatic heterocycles. The number of hydrogen-bond acceptors (Lipinski definition) is 3. The normalized spacial score (nSPS) is 20.0. The van der Waals surface area contributed by atoms with Gasteiger partial charge in [-0.25, -0.2) is 4.79 Å². The van der Waals surface area contributed by atoms with E-state index in [4.69, 9.17) is 16.3 Å². The number of amides is 2. The Balaban J connectivity index is 1.96. The maximum absolute atomic E-state index is 12.3. The van der Waals surface area contributed by atoms with Crippen molar-refractivity contribution in [3.05, 3.63) is 34.9 Å². The second-order valence-corrected chi connectivity index (χ2v) is 6.58. The quantitative estimate of drug-likeness (QED) is 0.886. The van der Waals surface area contributed by atoms with Crippen LogP contribution in [0.3, 0.4) is 0 Å². The number of hydrogen-bond donors (Lipinski definition) is 2. The van der Waals surface area contributed by atoms with Gasteiger partial charge in [0.05, 0.1) is 17.7 Å². The van der Waals surface area contributed by atoms with Gasteiger partial charge in [-0.15, -0.1) is 0 Å². The molecule has 1 saturated heterocycles. The maximum Gasteiger partial charge on any atom is 0.317 e. The van der Waals surface area contributed by atoms with Crippen LogP contribution in [0.2, 0.25) is 5.02 Å². The molecule has 2 N–H and O–H groups in total. The lowest BCUT2D eigenvalue weighted by Crippen LogP contribution is -2.52. The summed E-state index contributed by atoms with van der Waals surface area (Å²) in [7, 11) is 1.62. The first-order chi connectivity index (χ1) is 10.9. The number of carbonyl (C=O) groups excluding carboxylic acids is 1. The van der Waals surface area contributed by atoms with E-state index < -0.39 is 5.60 Å². The number of piperidine rings is 1. The van der Waals surface area contributed by atoms with Gasteiger partial charge in [-0.05, 0) is 32.8 Å². The summed E-state index contributed by atoms with van der Waals surface area (Å²) in [5.41, 5.74) is -0.233. The Hall–Kier alpha value is -1.30. The number of methoxy groups -OCH3 is 1. The monoisotopic (exact) mass is 340 g/mol. The SMILES string of the molecule is CO[C@@H](C)[C@H](C)NC(=O)N1CCC(O)(c2ccccc2Cl)CC1. The fraction of sp³-hybridized carbons (Fsp3) is 0.588. The fourth-order valence-corrected chi connectivity index (χ4v) is 3.11. The summed E-state index contributed by atoms with van der Waals surface area (Å²) in [6, 6.07) is 7.14. The van der Waals surface area contributed by atoms with Crippen molar-refractivity contribution in [2.75, 3.05) is 20.2 Å². The van der Waals surface area contributed by atoms with Crippen LogP contribution in [0.1, 0.15) is 32.3 Å². The number of ether oxygens (including phenoxy) is 1. The zero-order valence-electron chi connectivity index (χ0n) is 13.9. The third kappa shape index (κ3) is 4.16. The number of likely N-dealkylation sites (tertiary alicyclic amines) is 1. The van der Waals surface area contributed by atoms with Crippen LogP contribution in [0.25, 0.3) is 0 Å². The Morgan fingerprint density at radius 3 is 2.52 bits per heavy atom. The number of benzene rings is 1. The average molecular weight is 341 g/mol. The standard InChI is InChI=1S/C17H25ClN2O3/c1-12(13(2)23-3)19-16(21)20-10-8-17(22,9-11-20)14-6-4-5-7-15(14)18/h4-7,12-13,22H,8-11H2,1-3H3,(H,19,21)/t12-,13-/m0/s1. The number of nitrogens with one attached hydrogen (secondary N) is 1. The van der Waals surface area contributed by atoms with E-state index in [2.05, 4.69) is 5.32 Å². The average Bonchev–Trinajstić information content (AvgIpc) is 2.54. The third-order valence-corrected chi connectivity index (χ3v) is 5.01. The van der Waals surface area contributed by atoms with Crippen LogP contribution < -0.4 is 5.32 Å². The second kappa shape index (κ2) is 7.51. The molecule has 1 aliphatic rings. The highest BCUT2D eigenvalue weighted by Crippen LogP contribution is 2.36. The third-order valence-electron chi connectivity index (χ3n) is 4.68. The van der Waals surface area contributed by atoms with E-state index in [1.54, 1.807) is 18.1 Å². The summed E-state index contributed by atoms with van der Waals surface area (Å²) < 4.78 is 5.22. The summed E-state index contributed by atoms with van der Waals surface area (Å²) in [6.45, 7) is 4.80. The lowest BCUT2D eigenvalue weighted by molar-refractivity contribution is -0.0174. The van der Waals surface area contributed by atoms with Gasteiger partial charge < -0.3 is 20.1 Å². The number of urea groups is 1. The van der Waals surface area contributed by atoms with E-state index in [1.807, 2.05) is 32.0 Å². The molecule has 23 heavy (non-hydrogen) atoms. The Kier molecular flexibility index (Phi) is 5.89. The molecule has 1 heterocycles. The number of aliphatic hydroxyl groups is 1. The van der Waals surface area contributed by atoms with Gasteiger partial charge in [-0.1, -0.05) is 29.8 Å². The predicted octanol–water partition coefficient (Wildman–Crippen LogP) is 2.76. The summed E-state index contributed by atoms with van der Waals surface area (Å²) in [5.74, 6) is 0. The van der Waals surface area contributed by atoms with Crippen molar-refractivity contribution in [2.24, 2.45) is 0 Å². The van der Waals surface area contributed by atoms with Crippen molar-refractivity contribution < 1.29 is 14.6 Å². The highest BCUT2D eigenvalue weighted by atomic mass is 35.5. The van der Waals surface area contributed by atoms with Crippen molar-refractivity contribution in [2.45, 2.75) is 44.4 Å². The summed E-state index contributed by atoms with van der Waals surface area (Å²) in [6.07, 6.45) is 0.889. The first-order valence-corrected chi connectivity index (χ1v) is 8.31. The molecule has 128 valence electrons. The minimum absolute atomic E-state index is 0.0520. The molecular formula is C17H25ClN2O3. The molecule has 0 aliphatic carbocycles. The van der Waals surface area contributed by atoms with Gasteiger partial charge >= 0.3 is 6.03 Å². The fourth-order valence-electron chi connectivity index (χ4n) is 2.80. The minimum Gasteiger partial charge on any atom is -0.385 e. The molecule has 1 aromatic carbocycles. The van der Waals surface area contributed by atoms with Crippen LogP contribution in [-0.4, -0.2) is 48.4 Å². The molecule has 1 fully saturated rings. The molecule has 0 radical (unpaired) electrons. The van der Waals surface area contributed by atoms with Crippen LogP contribution in [0.15, 0.2) is 24.3 Å². The lowest BCUT2D eigenvalue weighted by atomic mass is 9.84. The van der Waals surface area contributed by atoms with Crippen molar-refractivity contribution in [1.29, 1.82) is 0 Å². The molecular weight excluding hydrogens is 316 g/mol. The zero-order chi connectivity index (χ0) is 17.0. The topological polar surface area (TPSA) is 61.8 Å². The molecule has 0 saturated carbocycles. The zero-order valence-corrected chi connectivity index (χ0v) is 14.6. The van der Waals surface area contributed by atoms with Crippen molar-refractivity contribution in [1.82, 2.24) is 10.2 Å². The van der Waals surface area contributed by atoms with Gasteiger partial charge in [0.1, 0.15) is 0 Å². The lowest BCUT2D eigenvalue weighted by Gasteiger charge is -2.39. The molecule has 2 rings (SSSR count). The van der Waals surface area contributed by atoms with E-state index in [0.717, 1.165) is 5.56 Å². The van der Waals surface area contributed by atoms with Crippen LogP contribution in [0.4, 0.5) is 4.79 Å².